The van der Waals surface area contributed by atoms with Gasteiger partial charge in [0.05, 0.1) is 23.3 Å². The molecule has 0 aliphatic heterocycles. The molecule has 3 aromatic rings. The third kappa shape index (κ3) is 2.80. The number of carboxylic acid groups (broad SMARTS) is 1. The average Bonchev–Trinajstić information content (AvgIpc) is 2.83. The molecule has 21 heavy (non-hydrogen) atoms. The van der Waals surface area contributed by atoms with Crippen LogP contribution in [0.3, 0.4) is 0 Å². The number of aromatic nitrogens is 2. The summed E-state index contributed by atoms with van der Waals surface area (Å²) in [6.07, 6.45) is 3.56. The van der Waals surface area contributed by atoms with Crippen molar-refractivity contribution in [2.75, 3.05) is 0 Å². The molecule has 0 spiro atoms. The average molecular weight is 366 g/mol. The number of fused-ring (bicyclic) bond motifs is 1. The molecular formula is C15H10BrClN2O2. The lowest BCUT2D eigenvalue weighted by Crippen LogP contribution is -2.05. The molecule has 0 aliphatic rings. The molecule has 0 fully saturated rings. The first-order valence-electron chi connectivity index (χ1n) is 6.17. The Kier molecular flexibility index (Phi) is 3.69. The number of carboxylic acids is 1. The fraction of sp³-hybridized carbons (Fsp3) is 0.0667. The Morgan fingerprint density at radius 1 is 1.33 bits per heavy atom. The molecule has 0 bridgehead atoms. The zero-order chi connectivity index (χ0) is 15.0. The Morgan fingerprint density at radius 3 is 2.81 bits per heavy atom. The Bertz CT molecular complexity index is 828. The van der Waals surface area contributed by atoms with Crippen molar-refractivity contribution in [2.24, 2.45) is 0 Å². The van der Waals surface area contributed by atoms with Gasteiger partial charge < -0.3 is 9.67 Å². The van der Waals surface area contributed by atoms with Crippen LogP contribution in [-0.2, 0) is 6.54 Å². The molecule has 4 nitrogen and oxygen atoms in total. The summed E-state index contributed by atoms with van der Waals surface area (Å²) < 4.78 is 2.77. The Morgan fingerprint density at radius 2 is 2.14 bits per heavy atom. The second kappa shape index (κ2) is 5.50. The first-order chi connectivity index (χ1) is 10.0. The molecule has 0 aliphatic carbocycles. The molecule has 1 N–H and O–H groups in total. The Balaban J connectivity index is 2.11. The van der Waals surface area contributed by atoms with Gasteiger partial charge in [-0.2, -0.15) is 0 Å². The van der Waals surface area contributed by atoms with Gasteiger partial charge in [0.1, 0.15) is 0 Å². The zero-order valence-corrected chi connectivity index (χ0v) is 13.1. The topological polar surface area (TPSA) is 55.1 Å². The molecule has 2 aromatic heterocycles. The molecule has 106 valence electrons. The smallest absolute Gasteiger partial charge is 0.337 e. The highest BCUT2D eigenvalue weighted by molar-refractivity contribution is 9.10. The van der Waals surface area contributed by atoms with E-state index in [0.717, 1.165) is 15.6 Å². The first kappa shape index (κ1) is 14.1. The minimum absolute atomic E-state index is 0.194. The van der Waals surface area contributed by atoms with Crippen LogP contribution in [0, 0.1) is 0 Å². The lowest BCUT2D eigenvalue weighted by Gasteiger charge is -2.08. The van der Waals surface area contributed by atoms with Gasteiger partial charge in [0, 0.05) is 27.3 Å². The van der Waals surface area contributed by atoms with Gasteiger partial charge in [0.2, 0.25) is 0 Å². The van der Waals surface area contributed by atoms with Gasteiger partial charge in [0.25, 0.3) is 0 Å². The largest absolute Gasteiger partial charge is 0.478 e. The number of halogens is 2. The second-order valence-electron chi connectivity index (χ2n) is 4.61. The standard InChI is InChI=1S/C15H10BrClN2O2/c16-10-1-2-12(18-7-10)8-19-4-3-9-5-11(17)6-13(14(9)19)15(20)21/h1-7H,8H2,(H,20,21). The number of pyridine rings is 1. The first-order valence-corrected chi connectivity index (χ1v) is 7.34. The number of hydrogen-bond donors (Lipinski definition) is 1. The molecule has 1 aromatic carbocycles. The number of hydrogen-bond acceptors (Lipinski definition) is 2. The van der Waals surface area contributed by atoms with Crippen LogP contribution in [-0.4, -0.2) is 20.6 Å². The van der Waals surface area contributed by atoms with E-state index in [1.54, 1.807) is 12.3 Å². The van der Waals surface area contributed by atoms with Crippen molar-refractivity contribution in [3.63, 3.8) is 0 Å². The summed E-state index contributed by atoms with van der Waals surface area (Å²) in [7, 11) is 0. The molecule has 0 atom stereocenters. The van der Waals surface area contributed by atoms with E-state index in [-0.39, 0.29) is 5.56 Å². The van der Waals surface area contributed by atoms with E-state index >= 15 is 0 Å². The summed E-state index contributed by atoms with van der Waals surface area (Å²) in [6.45, 7) is 0.499. The molecule has 0 amide bonds. The molecule has 0 radical (unpaired) electrons. The maximum absolute atomic E-state index is 11.4. The molecule has 3 rings (SSSR count). The van der Waals surface area contributed by atoms with Crippen molar-refractivity contribution in [2.45, 2.75) is 6.54 Å². The van der Waals surface area contributed by atoms with Crippen LogP contribution < -0.4 is 0 Å². The van der Waals surface area contributed by atoms with Gasteiger partial charge in [-0.3, -0.25) is 4.98 Å². The van der Waals surface area contributed by atoms with Crippen LogP contribution in [0.1, 0.15) is 16.1 Å². The molecule has 0 saturated carbocycles. The van der Waals surface area contributed by atoms with Crippen molar-refractivity contribution in [1.29, 1.82) is 0 Å². The molecule has 6 heteroatoms. The summed E-state index contributed by atoms with van der Waals surface area (Å²) in [4.78, 5) is 15.7. The summed E-state index contributed by atoms with van der Waals surface area (Å²) in [5.41, 5.74) is 1.69. The van der Waals surface area contributed by atoms with Crippen LogP contribution in [0.25, 0.3) is 10.9 Å². The third-order valence-corrected chi connectivity index (χ3v) is 3.86. The van der Waals surface area contributed by atoms with Gasteiger partial charge in [-0.25, -0.2) is 4.79 Å². The normalized spacial score (nSPS) is 11.0. The van der Waals surface area contributed by atoms with Crippen molar-refractivity contribution in [3.05, 3.63) is 63.5 Å². The third-order valence-electron chi connectivity index (χ3n) is 3.18. The molecule has 2 heterocycles. The Hall–Kier alpha value is -1.85. The summed E-state index contributed by atoms with van der Waals surface area (Å²) in [5, 5.41) is 10.6. The zero-order valence-electron chi connectivity index (χ0n) is 10.8. The van der Waals surface area contributed by atoms with E-state index in [2.05, 4.69) is 20.9 Å². The van der Waals surface area contributed by atoms with E-state index < -0.39 is 5.97 Å². The number of rotatable bonds is 3. The minimum atomic E-state index is -0.994. The maximum Gasteiger partial charge on any atom is 0.337 e. The fourth-order valence-corrected chi connectivity index (χ4v) is 2.74. The van der Waals surface area contributed by atoms with E-state index in [4.69, 9.17) is 11.6 Å². The predicted molar refractivity (Wildman–Crippen MR) is 84.9 cm³/mol. The van der Waals surface area contributed by atoms with Crippen LogP contribution in [0.5, 0.6) is 0 Å². The van der Waals surface area contributed by atoms with Crippen molar-refractivity contribution >= 4 is 44.4 Å². The Labute approximate surface area is 134 Å². The van der Waals surface area contributed by atoms with Crippen molar-refractivity contribution < 1.29 is 9.90 Å². The summed E-state index contributed by atoms with van der Waals surface area (Å²) >= 11 is 9.30. The van der Waals surface area contributed by atoms with Gasteiger partial charge in [-0.1, -0.05) is 11.6 Å². The van der Waals surface area contributed by atoms with Crippen LogP contribution >= 0.6 is 27.5 Å². The highest BCUT2D eigenvalue weighted by Crippen LogP contribution is 2.26. The number of benzene rings is 1. The SMILES string of the molecule is O=C(O)c1cc(Cl)cc2ccn(Cc3ccc(Br)cn3)c12. The lowest BCUT2D eigenvalue weighted by atomic mass is 10.1. The lowest BCUT2D eigenvalue weighted by molar-refractivity contribution is 0.0698. The number of aromatic carboxylic acids is 1. The van der Waals surface area contributed by atoms with E-state index in [1.807, 2.05) is 29.0 Å². The van der Waals surface area contributed by atoms with E-state index in [1.165, 1.54) is 6.07 Å². The number of carbonyl (C=O) groups is 1. The van der Waals surface area contributed by atoms with Gasteiger partial charge >= 0.3 is 5.97 Å². The van der Waals surface area contributed by atoms with Crippen LogP contribution in [0.4, 0.5) is 0 Å². The highest BCUT2D eigenvalue weighted by Gasteiger charge is 2.14. The minimum Gasteiger partial charge on any atom is -0.478 e. The second-order valence-corrected chi connectivity index (χ2v) is 5.96. The maximum atomic E-state index is 11.4. The molecule has 0 saturated heterocycles. The van der Waals surface area contributed by atoms with E-state index in [9.17, 15) is 9.90 Å². The van der Waals surface area contributed by atoms with Crippen LogP contribution in [0.2, 0.25) is 5.02 Å². The van der Waals surface area contributed by atoms with Gasteiger partial charge in [-0.05, 0) is 46.3 Å². The number of nitrogens with zero attached hydrogens (tertiary/aromatic N) is 2. The fourth-order valence-electron chi connectivity index (χ4n) is 2.28. The summed E-state index contributed by atoms with van der Waals surface area (Å²) in [6, 6.07) is 8.88. The van der Waals surface area contributed by atoms with Crippen LogP contribution in [0.15, 0.2) is 47.2 Å². The highest BCUT2D eigenvalue weighted by atomic mass is 79.9. The summed E-state index contributed by atoms with van der Waals surface area (Å²) in [5.74, 6) is -0.994. The predicted octanol–water partition coefficient (Wildman–Crippen LogP) is 4.20. The van der Waals surface area contributed by atoms with E-state index in [0.29, 0.717) is 17.1 Å². The molecular weight excluding hydrogens is 356 g/mol. The molecule has 0 unspecified atom stereocenters. The monoisotopic (exact) mass is 364 g/mol. The quantitative estimate of drug-likeness (QED) is 0.757. The van der Waals surface area contributed by atoms with Gasteiger partial charge in [-0.15, -0.1) is 0 Å². The van der Waals surface area contributed by atoms with Gasteiger partial charge in [0.15, 0.2) is 0 Å². The van der Waals surface area contributed by atoms with Crippen molar-refractivity contribution in [1.82, 2.24) is 9.55 Å². The van der Waals surface area contributed by atoms with Crippen molar-refractivity contribution in [3.8, 4) is 0 Å².